The minimum atomic E-state index is 0.799. The van der Waals surface area contributed by atoms with Gasteiger partial charge in [-0.05, 0) is 13.3 Å². The molecule has 0 aliphatic carbocycles. The number of aryl methyl sites for hydroxylation is 1. The predicted molar refractivity (Wildman–Crippen MR) is 67.7 cm³/mol. The van der Waals surface area contributed by atoms with E-state index in [-0.39, 0.29) is 0 Å². The molecule has 0 amide bonds. The van der Waals surface area contributed by atoms with Crippen molar-refractivity contribution < 1.29 is 0 Å². The van der Waals surface area contributed by atoms with Crippen LogP contribution in [-0.4, -0.2) is 26.3 Å². The van der Waals surface area contributed by atoms with Crippen LogP contribution in [0.25, 0.3) is 11.3 Å². The quantitative estimate of drug-likeness (QED) is 0.857. The van der Waals surface area contributed by atoms with Gasteiger partial charge in [-0.1, -0.05) is 6.92 Å². The molecule has 1 N–H and O–H groups in total. The molecule has 0 unspecified atom stereocenters. The summed E-state index contributed by atoms with van der Waals surface area (Å²) in [5, 5.41) is 7.44. The monoisotopic (exact) mass is 231 g/mol. The summed E-state index contributed by atoms with van der Waals surface area (Å²) in [5.41, 5.74) is 1.86. The molecule has 0 atom stereocenters. The summed E-state index contributed by atoms with van der Waals surface area (Å²) in [6.07, 6.45) is 8.39. The highest BCUT2D eigenvalue weighted by molar-refractivity contribution is 5.57. The third-order valence-electron chi connectivity index (χ3n) is 2.37. The highest BCUT2D eigenvalue weighted by Gasteiger charge is 2.04. The molecule has 17 heavy (non-hydrogen) atoms. The number of aromatic nitrogens is 4. The molecule has 0 saturated heterocycles. The Kier molecular flexibility index (Phi) is 3.69. The van der Waals surface area contributed by atoms with Gasteiger partial charge in [-0.15, -0.1) is 0 Å². The van der Waals surface area contributed by atoms with E-state index >= 15 is 0 Å². The van der Waals surface area contributed by atoms with Crippen LogP contribution in [0.3, 0.4) is 0 Å². The lowest BCUT2D eigenvalue weighted by molar-refractivity contribution is 0.603. The smallest absolute Gasteiger partial charge is 0.145 e. The first-order valence-corrected chi connectivity index (χ1v) is 5.92. The molecule has 2 aromatic rings. The molecule has 0 aliphatic heterocycles. The molecule has 5 heteroatoms. The van der Waals surface area contributed by atoms with Gasteiger partial charge in [0.15, 0.2) is 0 Å². The van der Waals surface area contributed by atoms with E-state index < -0.39 is 0 Å². The third kappa shape index (κ3) is 2.81. The van der Waals surface area contributed by atoms with Crippen LogP contribution in [0.2, 0.25) is 0 Å². The second-order valence-corrected chi connectivity index (χ2v) is 3.81. The fourth-order valence-electron chi connectivity index (χ4n) is 1.62. The Morgan fingerprint density at radius 2 is 2.12 bits per heavy atom. The number of hydrogen-bond acceptors (Lipinski definition) is 4. The van der Waals surface area contributed by atoms with Gasteiger partial charge in [0.2, 0.25) is 0 Å². The Labute approximate surface area is 101 Å². The molecule has 0 aliphatic rings. The van der Waals surface area contributed by atoms with Crippen molar-refractivity contribution in [1.82, 2.24) is 19.7 Å². The molecule has 0 radical (unpaired) electrons. The number of nitrogens with zero attached hydrogens (tertiary/aromatic N) is 4. The van der Waals surface area contributed by atoms with Crippen molar-refractivity contribution in [3.05, 3.63) is 24.8 Å². The molecule has 5 nitrogen and oxygen atoms in total. The van der Waals surface area contributed by atoms with Gasteiger partial charge in [0.25, 0.3) is 0 Å². The maximum absolute atomic E-state index is 4.48. The zero-order chi connectivity index (χ0) is 12.1. The number of nitrogens with one attached hydrogen (secondary N) is 1. The lowest BCUT2D eigenvalue weighted by atomic mass is 10.3. The number of hydrogen-bond donors (Lipinski definition) is 1. The van der Waals surface area contributed by atoms with E-state index in [4.69, 9.17) is 0 Å². The van der Waals surface area contributed by atoms with Crippen LogP contribution in [0, 0.1) is 0 Å². The topological polar surface area (TPSA) is 55.6 Å². The van der Waals surface area contributed by atoms with E-state index in [1.165, 1.54) is 0 Å². The standard InChI is InChI=1S/C12H17N5/c1-3-5-17-9-10(6-15-17)11-7-13-8-12(16-11)14-4-2/h6-9H,3-5H2,1-2H3,(H,14,16). The minimum Gasteiger partial charge on any atom is -0.369 e. The van der Waals surface area contributed by atoms with Crippen LogP contribution in [0.4, 0.5) is 5.82 Å². The SMILES string of the molecule is CCCn1cc(-c2cncc(NCC)n2)cn1. The fourth-order valence-corrected chi connectivity index (χ4v) is 1.62. The van der Waals surface area contributed by atoms with Crippen molar-refractivity contribution >= 4 is 5.82 Å². The van der Waals surface area contributed by atoms with Crippen LogP contribution in [0.1, 0.15) is 20.3 Å². The third-order valence-corrected chi connectivity index (χ3v) is 2.37. The first kappa shape index (κ1) is 11.6. The molecule has 90 valence electrons. The van der Waals surface area contributed by atoms with Gasteiger partial charge in [0, 0.05) is 24.8 Å². The molecule has 0 saturated carbocycles. The van der Waals surface area contributed by atoms with Gasteiger partial charge in [-0.2, -0.15) is 5.10 Å². The lowest BCUT2D eigenvalue weighted by Crippen LogP contribution is -2.00. The summed E-state index contributed by atoms with van der Waals surface area (Å²) in [6, 6.07) is 0. The van der Waals surface area contributed by atoms with E-state index in [1.54, 1.807) is 12.4 Å². The Morgan fingerprint density at radius 3 is 2.88 bits per heavy atom. The Bertz CT molecular complexity index is 477. The molecular formula is C12H17N5. The first-order chi connectivity index (χ1) is 8.33. The van der Waals surface area contributed by atoms with Crippen molar-refractivity contribution in [3.63, 3.8) is 0 Å². The average molecular weight is 231 g/mol. The largest absolute Gasteiger partial charge is 0.369 e. The molecule has 2 rings (SSSR count). The predicted octanol–water partition coefficient (Wildman–Crippen LogP) is 2.18. The van der Waals surface area contributed by atoms with Crippen LogP contribution in [-0.2, 0) is 6.54 Å². The van der Waals surface area contributed by atoms with Gasteiger partial charge in [-0.25, -0.2) is 4.98 Å². The van der Waals surface area contributed by atoms with E-state index in [1.807, 2.05) is 24.0 Å². The zero-order valence-corrected chi connectivity index (χ0v) is 10.2. The molecule has 0 aromatic carbocycles. The van der Waals surface area contributed by atoms with E-state index in [9.17, 15) is 0 Å². The fraction of sp³-hybridized carbons (Fsp3) is 0.417. The van der Waals surface area contributed by atoms with Crippen LogP contribution in [0.15, 0.2) is 24.8 Å². The van der Waals surface area contributed by atoms with Crippen molar-refractivity contribution in [2.24, 2.45) is 0 Å². The molecule has 0 fully saturated rings. The lowest BCUT2D eigenvalue weighted by Gasteiger charge is -2.02. The summed E-state index contributed by atoms with van der Waals surface area (Å²) < 4.78 is 1.93. The summed E-state index contributed by atoms with van der Waals surface area (Å²) in [5.74, 6) is 0.799. The van der Waals surface area contributed by atoms with Gasteiger partial charge < -0.3 is 5.32 Å². The molecule has 0 bridgehead atoms. The van der Waals surface area contributed by atoms with Gasteiger partial charge >= 0.3 is 0 Å². The normalized spacial score (nSPS) is 10.5. The molecule has 0 spiro atoms. The highest BCUT2D eigenvalue weighted by atomic mass is 15.3. The second kappa shape index (κ2) is 5.43. The van der Waals surface area contributed by atoms with Crippen molar-refractivity contribution in [2.75, 3.05) is 11.9 Å². The Balaban J connectivity index is 2.22. The van der Waals surface area contributed by atoms with Crippen LogP contribution < -0.4 is 5.32 Å². The van der Waals surface area contributed by atoms with Crippen molar-refractivity contribution in [2.45, 2.75) is 26.8 Å². The van der Waals surface area contributed by atoms with Gasteiger partial charge in [0.1, 0.15) is 5.82 Å². The van der Waals surface area contributed by atoms with Crippen LogP contribution >= 0.6 is 0 Å². The van der Waals surface area contributed by atoms with Gasteiger partial charge in [0.05, 0.1) is 24.3 Å². The maximum atomic E-state index is 4.48. The maximum Gasteiger partial charge on any atom is 0.145 e. The summed E-state index contributed by atoms with van der Waals surface area (Å²) in [6.45, 7) is 5.94. The molecule has 2 heterocycles. The van der Waals surface area contributed by atoms with Gasteiger partial charge in [-0.3, -0.25) is 9.67 Å². The summed E-state index contributed by atoms with van der Waals surface area (Å²) in [7, 11) is 0. The second-order valence-electron chi connectivity index (χ2n) is 3.81. The number of anilines is 1. The first-order valence-electron chi connectivity index (χ1n) is 5.92. The Morgan fingerprint density at radius 1 is 1.24 bits per heavy atom. The van der Waals surface area contributed by atoms with Crippen LogP contribution in [0.5, 0.6) is 0 Å². The van der Waals surface area contributed by atoms with Crippen molar-refractivity contribution in [3.8, 4) is 11.3 Å². The minimum absolute atomic E-state index is 0.799. The molecular weight excluding hydrogens is 214 g/mol. The van der Waals surface area contributed by atoms with E-state index in [2.05, 4.69) is 27.3 Å². The Hall–Kier alpha value is -1.91. The van der Waals surface area contributed by atoms with E-state index in [0.717, 1.165) is 36.6 Å². The average Bonchev–Trinajstić information content (AvgIpc) is 2.79. The zero-order valence-electron chi connectivity index (χ0n) is 10.2. The highest BCUT2D eigenvalue weighted by Crippen LogP contribution is 2.16. The molecule has 2 aromatic heterocycles. The summed E-state index contributed by atoms with van der Waals surface area (Å²) in [4.78, 5) is 8.65. The summed E-state index contributed by atoms with van der Waals surface area (Å²) >= 11 is 0. The van der Waals surface area contributed by atoms with Crippen molar-refractivity contribution in [1.29, 1.82) is 0 Å². The number of rotatable bonds is 5. The van der Waals surface area contributed by atoms with E-state index in [0.29, 0.717) is 0 Å².